The molecule has 0 radical (unpaired) electrons. The van der Waals surface area contributed by atoms with Gasteiger partial charge in [-0.2, -0.15) is 5.26 Å². The van der Waals surface area contributed by atoms with Crippen molar-refractivity contribution in [2.24, 2.45) is 5.16 Å². The third-order valence-electron chi connectivity index (χ3n) is 5.11. The average Bonchev–Trinajstić information content (AvgIpc) is 3.22. The summed E-state index contributed by atoms with van der Waals surface area (Å²) in [6.45, 7) is 9.06. The Hall–Kier alpha value is -4.06. The van der Waals surface area contributed by atoms with Crippen LogP contribution in [0.1, 0.15) is 69.9 Å². The van der Waals surface area contributed by atoms with Crippen molar-refractivity contribution >= 4 is 23.5 Å². The van der Waals surface area contributed by atoms with Crippen molar-refractivity contribution < 1.29 is 29.0 Å². The first-order valence-electron chi connectivity index (χ1n) is 11.2. The molecule has 1 amide bonds. The summed E-state index contributed by atoms with van der Waals surface area (Å²) in [6.07, 6.45) is -0.756. The minimum absolute atomic E-state index is 0.229. The van der Waals surface area contributed by atoms with E-state index in [-0.39, 0.29) is 11.3 Å². The van der Waals surface area contributed by atoms with Crippen molar-refractivity contribution in [3.63, 3.8) is 0 Å². The van der Waals surface area contributed by atoms with Crippen LogP contribution in [-0.2, 0) is 14.4 Å². The number of amides is 1. The predicted octanol–water partition coefficient (Wildman–Crippen LogP) is 4.03. The van der Waals surface area contributed by atoms with Gasteiger partial charge in [0.05, 0.1) is 29.9 Å². The first-order chi connectivity index (χ1) is 16.5. The van der Waals surface area contributed by atoms with Gasteiger partial charge in [-0.25, -0.2) is 4.79 Å². The molecule has 2 aromatic rings. The fraction of sp³-hybridized carbons (Fsp3) is 0.385. The van der Waals surface area contributed by atoms with E-state index >= 15 is 0 Å². The smallest absolute Gasteiger partial charge is 0.415 e. The fourth-order valence-electron chi connectivity index (χ4n) is 3.67. The third kappa shape index (κ3) is 6.29. The van der Waals surface area contributed by atoms with Crippen LogP contribution in [0, 0.1) is 11.3 Å². The van der Waals surface area contributed by atoms with Crippen LogP contribution in [0.25, 0.3) is 0 Å². The highest BCUT2D eigenvalue weighted by Crippen LogP contribution is 2.36. The molecule has 35 heavy (non-hydrogen) atoms. The number of rotatable bonds is 7. The minimum Gasteiger partial charge on any atom is -0.547 e. The molecule has 2 unspecified atom stereocenters. The number of carboxylic acid groups (broad SMARTS) is 1. The molecular formula is C26H28N3O6-. The largest absolute Gasteiger partial charge is 0.547 e. The number of benzene rings is 2. The van der Waals surface area contributed by atoms with Crippen molar-refractivity contribution in [3.05, 3.63) is 59.2 Å². The number of anilines is 1. The molecule has 2 aromatic carbocycles. The molecule has 184 valence electrons. The Bertz CT molecular complexity index is 1160. The normalized spacial score (nSPS) is 15.9. The second-order valence-electron chi connectivity index (χ2n) is 9.12. The third-order valence-corrected chi connectivity index (χ3v) is 5.11. The van der Waals surface area contributed by atoms with Gasteiger partial charge in [0.15, 0.2) is 6.10 Å². The molecule has 0 spiro atoms. The molecule has 9 heteroatoms. The second-order valence-corrected chi connectivity index (χ2v) is 9.12. The van der Waals surface area contributed by atoms with Crippen LogP contribution in [0.4, 0.5) is 10.5 Å². The Morgan fingerprint density at radius 3 is 2.46 bits per heavy atom. The summed E-state index contributed by atoms with van der Waals surface area (Å²) >= 11 is 0. The highest BCUT2D eigenvalue weighted by Gasteiger charge is 2.33. The van der Waals surface area contributed by atoms with Crippen LogP contribution in [0.5, 0.6) is 5.75 Å². The van der Waals surface area contributed by atoms with Crippen molar-refractivity contribution in [2.45, 2.75) is 58.8 Å². The standard InChI is InChI=1S/C26H29N3O6/c1-6-33-21-13-18(22-11-16(2)28-35-22)12-19(14-21)23(24(30)31)29(25(32)34-26(3,4)5)20-9-7-17(15-27)8-10-20/h7-10,12-14,22-23H,6,11H2,1-5H3,(H,30,31)/p-1. The Morgan fingerprint density at radius 1 is 1.26 bits per heavy atom. The molecule has 2 atom stereocenters. The summed E-state index contributed by atoms with van der Waals surface area (Å²) in [6, 6.07) is 11.4. The van der Waals surface area contributed by atoms with E-state index in [1.807, 2.05) is 19.9 Å². The number of hydrogen-bond acceptors (Lipinski definition) is 8. The number of ether oxygens (including phenoxy) is 2. The summed E-state index contributed by atoms with van der Waals surface area (Å²) in [7, 11) is 0. The van der Waals surface area contributed by atoms with Gasteiger partial charge in [0.25, 0.3) is 0 Å². The topological polar surface area (TPSA) is 124 Å². The molecule has 0 bridgehead atoms. The van der Waals surface area contributed by atoms with Crippen LogP contribution < -0.4 is 14.7 Å². The van der Waals surface area contributed by atoms with Gasteiger partial charge in [0.1, 0.15) is 17.4 Å². The van der Waals surface area contributed by atoms with Gasteiger partial charge < -0.3 is 24.2 Å². The zero-order chi connectivity index (χ0) is 25.8. The molecule has 1 aliphatic rings. The molecule has 0 aromatic heterocycles. The van der Waals surface area contributed by atoms with E-state index in [4.69, 9.17) is 19.6 Å². The zero-order valence-corrected chi connectivity index (χ0v) is 20.4. The van der Waals surface area contributed by atoms with E-state index in [1.165, 1.54) is 24.3 Å². The molecule has 0 fully saturated rings. The van der Waals surface area contributed by atoms with E-state index in [2.05, 4.69) is 5.16 Å². The van der Waals surface area contributed by atoms with Gasteiger partial charge >= 0.3 is 6.09 Å². The quantitative estimate of drug-likeness (QED) is 0.588. The van der Waals surface area contributed by atoms with Gasteiger partial charge in [0, 0.05) is 12.1 Å². The Kier molecular flexibility index (Phi) is 7.65. The summed E-state index contributed by atoms with van der Waals surface area (Å²) in [4.78, 5) is 32.4. The highest BCUT2D eigenvalue weighted by atomic mass is 16.6. The van der Waals surface area contributed by atoms with Gasteiger partial charge in [-0.3, -0.25) is 4.90 Å². The summed E-state index contributed by atoms with van der Waals surface area (Å²) in [5.41, 5.74) is 1.41. The monoisotopic (exact) mass is 478 g/mol. The van der Waals surface area contributed by atoms with Crippen LogP contribution in [-0.4, -0.2) is 30.0 Å². The van der Waals surface area contributed by atoms with Crippen LogP contribution >= 0.6 is 0 Å². The zero-order valence-electron chi connectivity index (χ0n) is 20.4. The maximum Gasteiger partial charge on any atom is 0.415 e. The first-order valence-corrected chi connectivity index (χ1v) is 11.2. The Morgan fingerprint density at radius 2 is 1.94 bits per heavy atom. The summed E-state index contributed by atoms with van der Waals surface area (Å²) in [5.74, 6) is -1.09. The number of carbonyl (C=O) groups excluding carboxylic acids is 2. The number of nitriles is 1. The molecule has 9 nitrogen and oxygen atoms in total. The number of carboxylic acids is 1. The first kappa shape index (κ1) is 25.6. The van der Waals surface area contributed by atoms with Gasteiger partial charge in [-0.1, -0.05) is 5.16 Å². The molecular weight excluding hydrogens is 450 g/mol. The average molecular weight is 479 g/mol. The van der Waals surface area contributed by atoms with E-state index in [0.29, 0.717) is 29.9 Å². The maximum absolute atomic E-state index is 13.3. The Balaban J connectivity index is 2.15. The lowest BCUT2D eigenvalue weighted by molar-refractivity contribution is -0.307. The maximum atomic E-state index is 13.3. The summed E-state index contributed by atoms with van der Waals surface area (Å²) < 4.78 is 11.2. The number of oxime groups is 1. The molecule has 0 aliphatic carbocycles. The van der Waals surface area contributed by atoms with E-state index in [1.54, 1.807) is 39.0 Å². The van der Waals surface area contributed by atoms with Gasteiger partial charge in [-0.05, 0) is 88.2 Å². The molecule has 0 N–H and O–H groups in total. The SMILES string of the molecule is CCOc1cc(C2CC(C)=NO2)cc(C(C(=O)[O-])N(C(=O)OC(C)(C)C)c2ccc(C#N)cc2)c1. The predicted molar refractivity (Wildman–Crippen MR) is 127 cm³/mol. The minimum atomic E-state index is -1.56. The van der Waals surface area contributed by atoms with Crippen molar-refractivity contribution in [1.29, 1.82) is 5.26 Å². The summed E-state index contributed by atoms with van der Waals surface area (Å²) in [5, 5.41) is 25.7. The molecule has 1 aliphatic heterocycles. The lowest BCUT2D eigenvalue weighted by Crippen LogP contribution is -2.46. The van der Waals surface area contributed by atoms with E-state index in [9.17, 15) is 14.7 Å². The Labute approximate surface area is 204 Å². The van der Waals surface area contributed by atoms with Crippen LogP contribution in [0.3, 0.4) is 0 Å². The van der Waals surface area contributed by atoms with E-state index in [0.717, 1.165) is 10.6 Å². The molecule has 1 heterocycles. The number of hydrogen-bond donors (Lipinski definition) is 0. The highest BCUT2D eigenvalue weighted by molar-refractivity contribution is 5.95. The number of aliphatic carboxylic acids is 1. The molecule has 0 saturated heterocycles. The van der Waals surface area contributed by atoms with Crippen molar-refractivity contribution in [3.8, 4) is 11.8 Å². The fourth-order valence-corrected chi connectivity index (χ4v) is 3.67. The lowest BCUT2D eigenvalue weighted by Gasteiger charge is -2.34. The van der Waals surface area contributed by atoms with Gasteiger partial charge in [-0.15, -0.1) is 0 Å². The van der Waals surface area contributed by atoms with Gasteiger partial charge in [0.2, 0.25) is 0 Å². The molecule has 0 saturated carbocycles. The second kappa shape index (κ2) is 10.5. The van der Waals surface area contributed by atoms with Crippen molar-refractivity contribution in [2.75, 3.05) is 11.5 Å². The number of carbonyl (C=O) groups is 2. The lowest BCUT2D eigenvalue weighted by atomic mass is 9.97. The molecule has 3 rings (SSSR count). The number of nitrogens with zero attached hydrogens (tertiary/aromatic N) is 3. The van der Waals surface area contributed by atoms with E-state index < -0.39 is 29.8 Å². The van der Waals surface area contributed by atoms with Crippen molar-refractivity contribution in [1.82, 2.24) is 0 Å². The van der Waals surface area contributed by atoms with Crippen LogP contribution in [0.15, 0.2) is 47.6 Å². The van der Waals surface area contributed by atoms with Crippen LogP contribution in [0.2, 0.25) is 0 Å².